The van der Waals surface area contributed by atoms with Crippen LogP contribution in [-0.2, 0) is 4.74 Å². The molecule has 13 heavy (non-hydrogen) atoms. The number of benzene rings is 1. The van der Waals surface area contributed by atoms with Crippen LogP contribution in [-0.4, -0.2) is 6.61 Å². The van der Waals surface area contributed by atoms with Crippen molar-refractivity contribution in [3.8, 4) is 0 Å². The van der Waals surface area contributed by atoms with E-state index in [4.69, 9.17) is 16.3 Å². The summed E-state index contributed by atoms with van der Waals surface area (Å²) in [5.74, 6) is 0. The second-order valence-corrected chi connectivity index (χ2v) is 3.74. The number of halogens is 1. The van der Waals surface area contributed by atoms with Gasteiger partial charge < -0.3 is 4.74 Å². The predicted molar refractivity (Wildman–Crippen MR) is 53.9 cm³/mol. The van der Waals surface area contributed by atoms with E-state index in [1.807, 2.05) is 24.3 Å². The second-order valence-electron chi connectivity index (χ2n) is 3.31. The third-order valence-corrected chi connectivity index (χ3v) is 2.46. The van der Waals surface area contributed by atoms with Crippen molar-refractivity contribution < 1.29 is 4.74 Å². The van der Waals surface area contributed by atoms with E-state index in [1.165, 1.54) is 11.1 Å². The Kier molecular flexibility index (Phi) is 2.38. The average molecular weight is 195 g/mol. The first-order chi connectivity index (χ1) is 6.25. The minimum atomic E-state index is 0.185. The van der Waals surface area contributed by atoms with Gasteiger partial charge in [0.1, 0.15) is 0 Å². The number of hydrogen-bond acceptors (Lipinski definition) is 1. The Bertz CT molecular complexity index is 315. The lowest BCUT2D eigenvalue weighted by Gasteiger charge is -2.08. The highest BCUT2D eigenvalue weighted by molar-refractivity contribution is 6.30. The maximum atomic E-state index is 5.79. The van der Waals surface area contributed by atoms with Gasteiger partial charge in [0, 0.05) is 11.4 Å². The topological polar surface area (TPSA) is 9.23 Å². The van der Waals surface area contributed by atoms with Crippen LogP contribution in [0.15, 0.2) is 36.4 Å². The monoisotopic (exact) mass is 194 g/mol. The van der Waals surface area contributed by atoms with Crippen LogP contribution in [0.25, 0.3) is 0 Å². The summed E-state index contributed by atoms with van der Waals surface area (Å²) in [6, 6.07) is 7.79. The normalized spacial score (nSPS) is 22.2. The van der Waals surface area contributed by atoms with E-state index in [9.17, 15) is 0 Å². The molecule has 0 N–H and O–H groups in total. The Morgan fingerprint density at radius 2 is 2.00 bits per heavy atom. The van der Waals surface area contributed by atoms with Gasteiger partial charge in [-0.2, -0.15) is 0 Å². The Hall–Kier alpha value is -0.790. The van der Waals surface area contributed by atoms with Crippen molar-refractivity contribution in [3.63, 3.8) is 0 Å². The summed E-state index contributed by atoms with van der Waals surface area (Å²) in [4.78, 5) is 0. The molecule has 1 saturated heterocycles. The fourth-order valence-electron chi connectivity index (χ4n) is 1.49. The first-order valence-electron chi connectivity index (χ1n) is 4.29. The number of rotatable bonds is 1. The van der Waals surface area contributed by atoms with Gasteiger partial charge in [-0.3, -0.25) is 0 Å². The lowest BCUT2D eigenvalue weighted by Crippen LogP contribution is -1.94. The predicted octanol–water partition coefficient (Wildman–Crippen LogP) is 3.36. The fourth-order valence-corrected chi connectivity index (χ4v) is 1.62. The molecule has 1 nitrogen and oxygen atoms in total. The molecule has 1 aromatic carbocycles. The van der Waals surface area contributed by atoms with Gasteiger partial charge in [-0.05, 0) is 23.3 Å². The van der Waals surface area contributed by atoms with Crippen LogP contribution in [0.1, 0.15) is 18.1 Å². The zero-order valence-corrected chi connectivity index (χ0v) is 8.05. The molecule has 1 fully saturated rings. The molecule has 0 amide bonds. The van der Waals surface area contributed by atoms with Crippen molar-refractivity contribution in [1.82, 2.24) is 0 Å². The van der Waals surface area contributed by atoms with E-state index < -0.39 is 0 Å². The minimum absolute atomic E-state index is 0.185. The maximum Gasteiger partial charge on any atom is 0.0867 e. The fraction of sp³-hybridized carbons (Fsp3) is 0.273. The maximum absolute atomic E-state index is 5.79. The summed E-state index contributed by atoms with van der Waals surface area (Å²) in [7, 11) is 0. The summed E-state index contributed by atoms with van der Waals surface area (Å²) in [6.07, 6.45) is 1.12. The molecule has 0 aliphatic carbocycles. The van der Waals surface area contributed by atoms with Crippen molar-refractivity contribution >= 4 is 11.6 Å². The molecule has 0 aromatic heterocycles. The molecule has 1 aromatic rings. The van der Waals surface area contributed by atoms with Crippen molar-refractivity contribution in [3.05, 3.63) is 47.0 Å². The van der Waals surface area contributed by atoms with Crippen LogP contribution in [0.4, 0.5) is 0 Å². The Morgan fingerprint density at radius 3 is 2.54 bits per heavy atom. The molecule has 0 unspecified atom stereocenters. The zero-order chi connectivity index (χ0) is 9.26. The molecule has 0 spiro atoms. The van der Waals surface area contributed by atoms with Crippen LogP contribution in [0.2, 0.25) is 5.02 Å². The molecule has 2 heteroatoms. The van der Waals surface area contributed by atoms with Gasteiger partial charge in [0.2, 0.25) is 0 Å². The highest BCUT2D eigenvalue weighted by atomic mass is 35.5. The first-order valence-corrected chi connectivity index (χ1v) is 4.67. The van der Waals surface area contributed by atoms with Gasteiger partial charge in [0.05, 0.1) is 12.7 Å². The van der Waals surface area contributed by atoms with Crippen molar-refractivity contribution in [1.29, 1.82) is 0 Å². The number of hydrogen-bond donors (Lipinski definition) is 0. The summed E-state index contributed by atoms with van der Waals surface area (Å²) in [6.45, 7) is 4.58. The van der Waals surface area contributed by atoms with Crippen molar-refractivity contribution in [2.75, 3.05) is 6.61 Å². The molecule has 1 atom stereocenters. The van der Waals surface area contributed by atoms with Gasteiger partial charge in [-0.15, -0.1) is 0 Å². The SMILES string of the molecule is C=C1CO[C@@H](c2ccc(Cl)cc2)C1. The standard InChI is InChI=1S/C11H11ClO/c1-8-6-11(13-7-8)9-2-4-10(12)5-3-9/h2-5,11H,1,6-7H2/t11-/m1/s1. The lowest BCUT2D eigenvalue weighted by atomic mass is 10.1. The summed E-state index contributed by atoms with van der Waals surface area (Å²) in [5.41, 5.74) is 2.35. The van der Waals surface area contributed by atoms with Crippen LogP contribution in [0, 0.1) is 0 Å². The third-order valence-electron chi connectivity index (χ3n) is 2.20. The third kappa shape index (κ3) is 1.93. The number of ether oxygens (including phenoxy) is 1. The Morgan fingerprint density at radius 1 is 1.31 bits per heavy atom. The highest BCUT2D eigenvalue weighted by Crippen LogP contribution is 2.31. The summed E-state index contributed by atoms with van der Waals surface area (Å²) in [5, 5.41) is 0.764. The van der Waals surface area contributed by atoms with Gasteiger partial charge in [0.15, 0.2) is 0 Å². The molecule has 1 heterocycles. The van der Waals surface area contributed by atoms with E-state index in [-0.39, 0.29) is 6.10 Å². The van der Waals surface area contributed by atoms with E-state index in [2.05, 4.69) is 6.58 Å². The molecular weight excluding hydrogens is 184 g/mol. The lowest BCUT2D eigenvalue weighted by molar-refractivity contribution is 0.115. The average Bonchev–Trinajstić information content (AvgIpc) is 2.53. The van der Waals surface area contributed by atoms with Crippen LogP contribution in [0.5, 0.6) is 0 Å². The summed E-state index contributed by atoms with van der Waals surface area (Å²) >= 11 is 5.79. The quantitative estimate of drug-likeness (QED) is 0.623. The summed E-state index contributed by atoms with van der Waals surface area (Å²) < 4.78 is 5.55. The minimum Gasteiger partial charge on any atom is -0.369 e. The van der Waals surface area contributed by atoms with E-state index in [0.717, 1.165) is 11.4 Å². The Labute approximate surface area is 83.0 Å². The zero-order valence-electron chi connectivity index (χ0n) is 7.29. The molecule has 1 aliphatic heterocycles. The molecule has 0 saturated carbocycles. The van der Waals surface area contributed by atoms with Gasteiger partial charge in [0.25, 0.3) is 0 Å². The van der Waals surface area contributed by atoms with E-state index in [1.54, 1.807) is 0 Å². The molecule has 0 bridgehead atoms. The smallest absolute Gasteiger partial charge is 0.0867 e. The van der Waals surface area contributed by atoms with Crippen LogP contribution >= 0.6 is 11.6 Å². The highest BCUT2D eigenvalue weighted by Gasteiger charge is 2.19. The van der Waals surface area contributed by atoms with Crippen LogP contribution < -0.4 is 0 Å². The molecule has 2 rings (SSSR count). The van der Waals surface area contributed by atoms with E-state index in [0.29, 0.717) is 6.61 Å². The Balaban J connectivity index is 2.17. The van der Waals surface area contributed by atoms with Crippen LogP contribution in [0.3, 0.4) is 0 Å². The first kappa shape index (κ1) is 8.79. The van der Waals surface area contributed by atoms with Crippen molar-refractivity contribution in [2.45, 2.75) is 12.5 Å². The second kappa shape index (κ2) is 3.52. The molecular formula is C11H11ClO. The van der Waals surface area contributed by atoms with Gasteiger partial charge >= 0.3 is 0 Å². The largest absolute Gasteiger partial charge is 0.369 e. The van der Waals surface area contributed by atoms with Gasteiger partial charge in [-0.1, -0.05) is 30.3 Å². The molecule has 1 aliphatic rings. The van der Waals surface area contributed by atoms with Crippen molar-refractivity contribution in [2.24, 2.45) is 0 Å². The molecule has 68 valence electrons. The van der Waals surface area contributed by atoms with E-state index >= 15 is 0 Å². The van der Waals surface area contributed by atoms with Gasteiger partial charge in [-0.25, -0.2) is 0 Å². The molecule has 0 radical (unpaired) electrons.